The van der Waals surface area contributed by atoms with Gasteiger partial charge in [-0.1, -0.05) is 5.16 Å². The van der Waals surface area contributed by atoms with Gasteiger partial charge in [-0.3, -0.25) is 9.78 Å². The van der Waals surface area contributed by atoms with Crippen LogP contribution in [0.15, 0.2) is 45.6 Å². The van der Waals surface area contributed by atoms with Crippen molar-refractivity contribution in [2.45, 2.75) is 32.7 Å². The Kier molecular flexibility index (Phi) is 4.69. The Morgan fingerprint density at radius 3 is 2.75 bits per heavy atom. The van der Waals surface area contributed by atoms with Gasteiger partial charge in [0.2, 0.25) is 17.6 Å². The fourth-order valence-corrected chi connectivity index (χ4v) is 2.27. The summed E-state index contributed by atoms with van der Waals surface area (Å²) in [7, 11) is 0. The van der Waals surface area contributed by atoms with Crippen molar-refractivity contribution in [1.82, 2.24) is 20.4 Å². The van der Waals surface area contributed by atoms with Gasteiger partial charge in [-0.25, -0.2) is 0 Å². The highest BCUT2D eigenvalue weighted by Gasteiger charge is 2.14. The van der Waals surface area contributed by atoms with E-state index in [-0.39, 0.29) is 18.4 Å². The molecule has 1 amide bonds. The number of hydrogen-bond donors (Lipinski definition) is 1. The zero-order valence-corrected chi connectivity index (χ0v) is 13.5. The van der Waals surface area contributed by atoms with Crippen LogP contribution in [0.2, 0.25) is 0 Å². The normalized spacial score (nSPS) is 12.1. The van der Waals surface area contributed by atoms with Gasteiger partial charge in [-0.15, -0.1) is 0 Å². The Balaban J connectivity index is 1.52. The first-order valence-corrected chi connectivity index (χ1v) is 7.70. The summed E-state index contributed by atoms with van der Waals surface area (Å²) in [6, 6.07) is 7.15. The zero-order valence-electron chi connectivity index (χ0n) is 13.5. The van der Waals surface area contributed by atoms with E-state index in [0.717, 1.165) is 17.1 Å². The van der Waals surface area contributed by atoms with E-state index in [0.29, 0.717) is 18.1 Å². The van der Waals surface area contributed by atoms with Crippen LogP contribution in [0.1, 0.15) is 36.8 Å². The maximum Gasteiger partial charge on any atom is 0.227 e. The molecule has 0 fully saturated rings. The Labute approximate surface area is 139 Å². The van der Waals surface area contributed by atoms with Crippen LogP contribution in [-0.4, -0.2) is 21.0 Å². The van der Waals surface area contributed by atoms with E-state index < -0.39 is 0 Å². The minimum atomic E-state index is -0.179. The van der Waals surface area contributed by atoms with Gasteiger partial charge < -0.3 is 14.3 Å². The average molecular weight is 326 g/mol. The Hall–Kier alpha value is -2.96. The lowest BCUT2D eigenvalue weighted by atomic mass is 10.2. The highest BCUT2D eigenvalue weighted by atomic mass is 16.5. The fraction of sp³-hybridized carbons (Fsp3) is 0.294. The van der Waals surface area contributed by atoms with Crippen molar-refractivity contribution in [3.05, 3.63) is 54.1 Å². The number of rotatable bonds is 6. The Bertz CT molecular complexity index is 810. The lowest BCUT2D eigenvalue weighted by molar-refractivity contribution is -0.121. The van der Waals surface area contributed by atoms with Gasteiger partial charge in [0.05, 0.1) is 6.04 Å². The molecule has 0 spiro atoms. The van der Waals surface area contributed by atoms with Gasteiger partial charge in [0.25, 0.3) is 0 Å². The smallest absolute Gasteiger partial charge is 0.227 e. The number of hydrogen-bond acceptors (Lipinski definition) is 6. The molecule has 0 saturated heterocycles. The van der Waals surface area contributed by atoms with Crippen molar-refractivity contribution in [3.63, 3.8) is 0 Å². The standard InChI is InChI=1S/C17H18N4O3/c1-11-3-4-14(23-11)12(2)19-15(22)5-6-16-20-17(21-24-16)13-7-9-18-10-8-13/h3-4,7-10,12H,5-6H2,1-2H3,(H,19,22)/t12-/m1/s1. The van der Waals surface area contributed by atoms with Gasteiger partial charge >= 0.3 is 0 Å². The number of aryl methyl sites for hydroxylation is 2. The van der Waals surface area contributed by atoms with Gasteiger partial charge in [0.15, 0.2) is 0 Å². The molecule has 124 valence electrons. The molecule has 0 radical (unpaired) electrons. The lowest BCUT2D eigenvalue weighted by Gasteiger charge is -2.10. The van der Waals surface area contributed by atoms with Crippen molar-refractivity contribution in [3.8, 4) is 11.4 Å². The molecule has 1 atom stereocenters. The molecule has 0 saturated carbocycles. The minimum Gasteiger partial charge on any atom is -0.464 e. The van der Waals surface area contributed by atoms with E-state index in [4.69, 9.17) is 8.94 Å². The van der Waals surface area contributed by atoms with Crippen molar-refractivity contribution in [1.29, 1.82) is 0 Å². The summed E-state index contributed by atoms with van der Waals surface area (Å²) in [5.74, 6) is 2.38. The number of pyridine rings is 1. The SMILES string of the molecule is Cc1ccc([C@@H](C)NC(=O)CCc2nc(-c3ccncc3)no2)o1. The summed E-state index contributed by atoms with van der Waals surface area (Å²) in [6.45, 7) is 3.75. The van der Waals surface area contributed by atoms with Crippen LogP contribution >= 0.6 is 0 Å². The van der Waals surface area contributed by atoms with Gasteiger partial charge in [0, 0.05) is 30.8 Å². The van der Waals surface area contributed by atoms with E-state index in [9.17, 15) is 4.79 Å². The van der Waals surface area contributed by atoms with Crippen LogP contribution in [0.3, 0.4) is 0 Å². The molecule has 7 heteroatoms. The molecule has 0 aliphatic heterocycles. The molecule has 3 aromatic rings. The number of carbonyl (C=O) groups excluding carboxylic acids is 1. The van der Waals surface area contributed by atoms with E-state index in [2.05, 4.69) is 20.4 Å². The molecule has 3 aromatic heterocycles. The average Bonchev–Trinajstić information content (AvgIpc) is 3.23. The predicted molar refractivity (Wildman–Crippen MR) is 85.9 cm³/mol. The molecule has 24 heavy (non-hydrogen) atoms. The van der Waals surface area contributed by atoms with Crippen LogP contribution < -0.4 is 5.32 Å². The number of amides is 1. The predicted octanol–water partition coefficient (Wildman–Crippen LogP) is 2.84. The van der Waals surface area contributed by atoms with Crippen molar-refractivity contribution in [2.24, 2.45) is 0 Å². The molecule has 0 unspecified atom stereocenters. The second kappa shape index (κ2) is 7.08. The highest BCUT2D eigenvalue weighted by molar-refractivity contribution is 5.76. The molecule has 1 N–H and O–H groups in total. The first-order valence-electron chi connectivity index (χ1n) is 7.70. The third kappa shape index (κ3) is 3.87. The second-order valence-corrected chi connectivity index (χ2v) is 5.49. The number of carbonyl (C=O) groups is 1. The number of nitrogens with one attached hydrogen (secondary N) is 1. The van der Waals surface area contributed by atoms with Gasteiger partial charge in [0.1, 0.15) is 11.5 Å². The first-order chi connectivity index (χ1) is 11.6. The first kappa shape index (κ1) is 15.9. The lowest BCUT2D eigenvalue weighted by Crippen LogP contribution is -2.26. The van der Waals surface area contributed by atoms with Crippen LogP contribution in [-0.2, 0) is 11.2 Å². The number of aromatic nitrogens is 3. The van der Waals surface area contributed by atoms with Crippen molar-refractivity contribution < 1.29 is 13.7 Å². The third-order valence-electron chi connectivity index (χ3n) is 3.54. The van der Waals surface area contributed by atoms with E-state index >= 15 is 0 Å². The topological polar surface area (TPSA) is 94.1 Å². The van der Waals surface area contributed by atoms with Crippen LogP contribution in [0, 0.1) is 6.92 Å². The molecular formula is C17H18N4O3. The molecule has 0 bridgehead atoms. The van der Waals surface area contributed by atoms with Crippen LogP contribution in [0.5, 0.6) is 0 Å². The van der Waals surface area contributed by atoms with Gasteiger partial charge in [-0.2, -0.15) is 4.98 Å². The monoisotopic (exact) mass is 326 g/mol. The fourth-order valence-electron chi connectivity index (χ4n) is 2.27. The van der Waals surface area contributed by atoms with Crippen molar-refractivity contribution >= 4 is 5.91 Å². The quantitative estimate of drug-likeness (QED) is 0.748. The van der Waals surface area contributed by atoms with Crippen molar-refractivity contribution in [2.75, 3.05) is 0 Å². The number of furan rings is 1. The van der Waals surface area contributed by atoms with E-state index in [1.165, 1.54) is 0 Å². The largest absolute Gasteiger partial charge is 0.464 e. The summed E-state index contributed by atoms with van der Waals surface area (Å²) in [5, 5.41) is 6.80. The minimum absolute atomic E-state index is 0.0970. The Morgan fingerprint density at radius 1 is 1.25 bits per heavy atom. The third-order valence-corrected chi connectivity index (χ3v) is 3.54. The molecule has 3 rings (SSSR count). The molecule has 0 aliphatic rings. The number of nitrogens with zero attached hydrogens (tertiary/aromatic N) is 3. The maximum absolute atomic E-state index is 12.0. The molecule has 0 aromatic carbocycles. The summed E-state index contributed by atoms with van der Waals surface area (Å²) in [4.78, 5) is 20.3. The summed E-state index contributed by atoms with van der Waals surface area (Å²) < 4.78 is 10.7. The molecule has 0 aliphatic carbocycles. The second-order valence-electron chi connectivity index (χ2n) is 5.49. The molecular weight excluding hydrogens is 308 g/mol. The highest BCUT2D eigenvalue weighted by Crippen LogP contribution is 2.17. The molecule has 7 nitrogen and oxygen atoms in total. The summed E-state index contributed by atoms with van der Waals surface area (Å²) >= 11 is 0. The summed E-state index contributed by atoms with van der Waals surface area (Å²) in [6.07, 6.45) is 3.98. The van der Waals surface area contributed by atoms with Crippen LogP contribution in [0.25, 0.3) is 11.4 Å². The summed E-state index contributed by atoms with van der Waals surface area (Å²) in [5.41, 5.74) is 0.825. The molecule has 3 heterocycles. The van der Waals surface area contributed by atoms with E-state index in [1.807, 2.05) is 26.0 Å². The van der Waals surface area contributed by atoms with Crippen LogP contribution in [0.4, 0.5) is 0 Å². The van der Waals surface area contributed by atoms with Gasteiger partial charge in [-0.05, 0) is 38.1 Å². The zero-order chi connectivity index (χ0) is 16.9. The van der Waals surface area contributed by atoms with E-state index in [1.54, 1.807) is 24.5 Å². The Morgan fingerprint density at radius 2 is 2.04 bits per heavy atom. The maximum atomic E-state index is 12.0.